The number of rotatable bonds is 6. The zero-order valence-corrected chi connectivity index (χ0v) is 13.7. The van der Waals surface area contributed by atoms with Gasteiger partial charge < -0.3 is 10.6 Å². The summed E-state index contributed by atoms with van der Waals surface area (Å²) in [6, 6.07) is 6.06. The van der Waals surface area contributed by atoms with Gasteiger partial charge in [-0.25, -0.2) is 0 Å². The van der Waals surface area contributed by atoms with E-state index < -0.39 is 0 Å². The van der Waals surface area contributed by atoms with Gasteiger partial charge in [0.2, 0.25) is 5.91 Å². The highest BCUT2D eigenvalue weighted by Gasteiger charge is 2.15. The van der Waals surface area contributed by atoms with E-state index in [1.807, 2.05) is 26.0 Å². The summed E-state index contributed by atoms with van der Waals surface area (Å²) in [5, 5.41) is 6.27. The monoisotopic (exact) mass is 326 g/mol. The summed E-state index contributed by atoms with van der Waals surface area (Å²) in [4.78, 5) is 12.0. The molecule has 2 atom stereocenters. The predicted molar refractivity (Wildman–Crippen MR) is 84.5 cm³/mol. The van der Waals surface area contributed by atoms with E-state index in [4.69, 9.17) is 0 Å². The van der Waals surface area contributed by atoms with Crippen molar-refractivity contribution in [1.29, 1.82) is 0 Å². The Bertz CT molecular complexity index is 434. The molecule has 0 aliphatic carbocycles. The summed E-state index contributed by atoms with van der Waals surface area (Å²) in [5.74, 6) is 0.0410. The molecule has 1 rings (SSSR count). The maximum absolute atomic E-state index is 12.0. The number of hydrogen-bond donors (Lipinski definition) is 2. The van der Waals surface area contributed by atoms with Crippen molar-refractivity contribution in [3.05, 3.63) is 28.2 Å². The van der Waals surface area contributed by atoms with Crippen LogP contribution in [0.25, 0.3) is 0 Å². The van der Waals surface area contributed by atoms with E-state index in [0.717, 1.165) is 23.0 Å². The molecule has 2 unspecified atom stereocenters. The Hall–Kier alpha value is -1.03. The van der Waals surface area contributed by atoms with Crippen LogP contribution in [0.4, 0.5) is 5.69 Å². The Labute approximate surface area is 124 Å². The molecular weight excluding hydrogens is 304 g/mol. The second-order valence-electron chi connectivity index (χ2n) is 4.84. The topological polar surface area (TPSA) is 41.1 Å². The molecule has 2 N–H and O–H groups in total. The molecule has 106 valence electrons. The van der Waals surface area contributed by atoms with Gasteiger partial charge in [-0.05, 0) is 50.5 Å². The molecule has 0 aliphatic heterocycles. The first-order valence-electron chi connectivity index (χ1n) is 6.83. The second kappa shape index (κ2) is 7.53. The number of benzene rings is 1. The summed E-state index contributed by atoms with van der Waals surface area (Å²) < 4.78 is 1.06. The van der Waals surface area contributed by atoms with Gasteiger partial charge in [-0.1, -0.05) is 29.8 Å². The zero-order chi connectivity index (χ0) is 14.4. The summed E-state index contributed by atoms with van der Waals surface area (Å²) >= 11 is 3.47. The van der Waals surface area contributed by atoms with E-state index in [2.05, 4.69) is 46.5 Å². The van der Waals surface area contributed by atoms with Crippen molar-refractivity contribution < 1.29 is 4.79 Å². The van der Waals surface area contributed by atoms with Crippen LogP contribution in [0.3, 0.4) is 0 Å². The van der Waals surface area contributed by atoms with Gasteiger partial charge in [0.15, 0.2) is 0 Å². The van der Waals surface area contributed by atoms with Crippen LogP contribution in [0.15, 0.2) is 22.7 Å². The maximum Gasteiger partial charge on any atom is 0.242 e. The number of anilines is 1. The second-order valence-corrected chi connectivity index (χ2v) is 5.75. The summed E-state index contributed by atoms with van der Waals surface area (Å²) in [5.41, 5.74) is 2.23. The predicted octanol–water partition coefficient (Wildman–Crippen LogP) is 3.73. The lowest BCUT2D eigenvalue weighted by Gasteiger charge is -2.20. The average molecular weight is 327 g/mol. The van der Waals surface area contributed by atoms with Crippen LogP contribution in [0.1, 0.15) is 39.7 Å². The minimum atomic E-state index is -0.236. The smallest absolute Gasteiger partial charge is 0.242 e. The van der Waals surface area contributed by atoms with Crippen molar-refractivity contribution in [3.8, 4) is 0 Å². The molecule has 4 heteroatoms. The lowest BCUT2D eigenvalue weighted by Crippen LogP contribution is -2.42. The molecule has 3 nitrogen and oxygen atoms in total. The van der Waals surface area contributed by atoms with Crippen LogP contribution in [-0.2, 0) is 11.2 Å². The molecule has 0 aliphatic rings. The fourth-order valence-electron chi connectivity index (χ4n) is 1.76. The summed E-state index contributed by atoms with van der Waals surface area (Å²) in [6.45, 7) is 8.07. The first-order chi connectivity index (χ1) is 8.97. The van der Waals surface area contributed by atoms with Gasteiger partial charge in [0, 0.05) is 16.2 Å². The van der Waals surface area contributed by atoms with Crippen LogP contribution < -0.4 is 10.6 Å². The Kier molecular flexibility index (Phi) is 6.35. The molecule has 0 bridgehead atoms. The van der Waals surface area contributed by atoms with Crippen molar-refractivity contribution in [2.45, 2.75) is 52.6 Å². The third-order valence-electron chi connectivity index (χ3n) is 3.21. The molecule has 1 aromatic rings. The number of hydrogen-bond acceptors (Lipinski definition) is 2. The molecule has 0 heterocycles. The van der Waals surface area contributed by atoms with Crippen molar-refractivity contribution in [2.24, 2.45) is 0 Å². The quantitative estimate of drug-likeness (QED) is 0.836. The van der Waals surface area contributed by atoms with Gasteiger partial charge in [0.1, 0.15) is 6.04 Å². The van der Waals surface area contributed by atoms with E-state index in [0.29, 0.717) is 0 Å². The SMILES string of the molecule is CCc1cc(Br)ccc1NC(C)C(=O)NC(C)CC. The van der Waals surface area contributed by atoms with Crippen molar-refractivity contribution >= 4 is 27.5 Å². The van der Waals surface area contributed by atoms with Gasteiger partial charge in [-0.2, -0.15) is 0 Å². The van der Waals surface area contributed by atoms with E-state index in [9.17, 15) is 4.79 Å². The molecule has 19 heavy (non-hydrogen) atoms. The van der Waals surface area contributed by atoms with E-state index in [1.165, 1.54) is 5.56 Å². The van der Waals surface area contributed by atoms with Crippen molar-refractivity contribution in [3.63, 3.8) is 0 Å². The minimum Gasteiger partial charge on any atom is -0.374 e. The molecule has 1 aromatic carbocycles. The Balaban J connectivity index is 2.71. The highest BCUT2D eigenvalue weighted by atomic mass is 79.9. The van der Waals surface area contributed by atoms with Crippen LogP contribution in [-0.4, -0.2) is 18.0 Å². The van der Waals surface area contributed by atoms with E-state index in [1.54, 1.807) is 0 Å². The largest absolute Gasteiger partial charge is 0.374 e. The fraction of sp³-hybridized carbons (Fsp3) is 0.533. The average Bonchev–Trinajstić information content (AvgIpc) is 2.40. The Morgan fingerprint density at radius 2 is 2.00 bits per heavy atom. The fourth-order valence-corrected chi connectivity index (χ4v) is 2.17. The molecule has 1 amide bonds. The molecule has 0 radical (unpaired) electrons. The number of carbonyl (C=O) groups is 1. The first kappa shape index (κ1) is 16.0. The van der Waals surface area contributed by atoms with Gasteiger partial charge >= 0.3 is 0 Å². The summed E-state index contributed by atoms with van der Waals surface area (Å²) in [7, 11) is 0. The van der Waals surface area contributed by atoms with Gasteiger partial charge in [0.05, 0.1) is 0 Å². The van der Waals surface area contributed by atoms with E-state index >= 15 is 0 Å². The first-order valence-corrected chi connectivity index (χ1v) is 7.62. The maximum atomic E-state index is 12.0. The molecule has 0 saturated heterocycles. The molecule has 0 fully saturated rings. The van der Waals surface area contributed by atoms with Crippen LogP contribution in [0.5, 0.6) is 0 Å². The number of amides is 1. The standard InChI is InChI=1S/C15H23BrN2O/c1-5-10(3)17-15(19)11(4)18-14-8-7-13(16)9-12(14)6-2/h7-11,18H,5-6H2,1-4H3,(H,17,19). The third-order valence-corrected chi connectivity index (χ3v) is 3.71. The molecule has 0 spiro atoms. The van der Waals surface area contributed by atoms with Gasteiger partial charge in [-0.15, -0.1) is 0 Å². The van der Waals surface area contributed by atoms with E-state index in [-0.39, 0.29) is 18.0 Å². The lowest BCUT2D eigenvalue weighted by molar-refractivity contribution is -0.122. The Morgan fingerprint density at radius 1 is 1.32 bits per heavy atom. The molecule has 0 aromatic heterocycles. The van der Waals surface area contributed by atoms with Crippen molar-refractivity contribution in [1.82, 2.24) is 5.32 Å². The summed E-state index contributed by atoms with van der Waals surface area (Å²) in [6.07, 6.45) is 1.87. The number of carbonyl (C=O) groups excluding carboxylic acids is 1. The van der Waals surface area contributed by atoms with Crippen LogP contribution in [0, 0.1) is 0 Å². The normalized spacial score (nSPS) is 13.7. The Morgan fingerprint density at radius 3 is 2.58 bits per heavy atom. The number of halogens is 1. The third kappa shape index (κ3) is 4.86. The number of aryl methyl sites for hydroxylation is 1. The van der Waals surface area contributed by atoms with Crippen molar-refractivity contribution in [2.75, 3.05) is 5.32 Å². The highest BCUT2D eigenvalue weighted by molar-refractivity contribution is 9.10. The zero-order valence-electron chi connectivity index (χ0n) is 12.1. The highest BCUT2D eigenvalue weighted by Crippen LogP contribution is 2.22. The molecule has 0 saturated carbocycles. The van der Waals surface area contributed by atoms with Gasteiger partial charge in [0.25, 0.3) is 0 Å². The number of nitrogens with one attached hydrogen (secondary N) is 2. The van der Waals surface area contributed by atoms with Crippen LogP contribution >= 0.6 is 15.9 Å². The lowest BCUT2D eigenvalue weighted by atomic mass is 10.1. The van der Waals surface area contributed by atoms with Crippen LogP contribution in [0.2, 0.25) is 0 Å². The van der Waals surface area contributed by atoms with Gasteiger partial charge in [-0.3, -0.25) is 4.79 Å². The minimum absolute atomic E-state index is 0.0410. The molecular formula is C15H23BrN2O.